The Kier molecular flexibility index (Phi) is 8.00. The Morgan fingerprint density at radius 3 is 2.40 bits per heavy atom. The van der Waals surface area contributed by atoms with Gasteiger partial charge >= 0.3 is 0 Å². The average molecular weight is 592 g/mol. The third kappa shape index (κ3) is 5.77. The molecule has 7 nitrogen and oxygen atoms in total. The lowest BCUT2D eigenvalue weighted by Crippen LogP contribution is -2.53. The van der Waals surface area contributed by atoms with Crippen molar-refractivity contribution in [1.82, 2.24) is 19.7 Å². The fourth-order valence-electron chi connectivity index (χ4n) is 6.47. The van der Waals surface area contributed by atoms with E-state index in [1.54, 1.807) is 18.2 Å². The molecule has 0 radical (unpaired) electrons. The Morgan fingerprint density at radius 2 is 1.72 bits per heavy atom. The maximum Gasteiger partial charge on any atom is 0.257 e. The van der Waals surface area contributed by atoms with Crippen LogP contribution in [0.3, 0.4) is 0 Å². The number of anilines is 1. The van der Waals surface area contributed by atoms with E-state index in [1.165, 1.54) is 11.8 Å². The number of pyridine rings is 1. The van der Waals surface area contributed by atoms with Crippen molar-refractivity contribution in [3.8, 4) is 11.3 Å². The van der Waals surface area contributed by atoms with Gasteiger partial charge in [0.25, 0.3) is 11.8 Å². The van der Waals surface area contributed by atoms with Gasteiger partial charge < -0.3 is 10.2 Å². The number of likely N-dealkylation sites (tertiary alicyclic amines) is 1. The summed E-state index contributed by atoms with van der Waals surface area (Å²) < 4.78 is 1.88. The molecule has 4 aromatic rings. The van der Waals surface area contributed by atoms with E-state index in [2.05, 4.69) is 70.9 Å². The normalized spacial score (nSPS) is 20.0. The van der Waals surface area contributed by atoms with Crippen LogP contribution in [0.15, 0.2) is 97.4 Å². The van der Waals surface area contributed by atoms with Gasteiger partial charge in [-0.3, -0.25) is 14.3 Å². The molecule has 2 aliphatic rings. The van der Waals surface area contributed by atoms with Crippen LogP contribution in [0.5, 0.6) is 0 Å². The molecule has 2 amide bonds. The molecule has 2 aromatic heterocycles. The van der Waals surface area contributed by atoms with Crippen LogP contribution in [0.25, 0.3) is 11.3 Å². The molecular weight excluding hydrogens is 558 g/mol. The van der Waals surface area contributed by atoms with E-state index in [0.717, 1.165) is 23.2 Å². The average Bonchev–Trinajstić information content (AvgIpc) is 3.70. The minimum Gasteiger partial charge on any atom is -0.334 e. The summed E-state index contributed by atoms with van der Waals surface area (Å²) in [5.41, 5.74) is 5.92. The van der Waals surface area contributed by atoms with Crippen molar-refractivity contribution in [2.45, 2.75) is 32.2 Å². The SMILES string of the molecule is Cc1ccc(C(=O)N2CC[C@H](c3ccc(-c4ccnn4C)cc3)[C@@H](C)C2C2C=CC=C2)cc1NC(=O)c1ccc(Cl)nc1. The zero-order valence-electron chi connectivity index (χ0n) is 24.4. The molecule has 1 aliphatic heterocycles. The molecule has 3 heterocycles. The fourth-order valence-corrected chi connectivity index (χ4v) is 6.58. The number of nitrogens with one attached hydrogen (secondary N) is 1. The molecule has 6 rings (SSSR count). The predicted molar refractivity (Wildman–Crippen MR) is 170 cm³/mol. The first-order chi connectivity index (χ1) is 20.8. The van der Waals surface area contributed by atoms with Gasteiger partial charge in [0.1, 0.15) is 5.15 Å². The third-order valence-electron chi connectivity index (χ3n) is 8.83. The number of rotatable bonds is 6. The highest BCUT2D eigenvalue weighted by Gasteiger charge is 2.41. The van der Waals surface area contributed by atoms with E-state index in [0.29, 0.717) is 34.4 Å². The Balaban J connectivity index is 1.24. The van der Waals surface area contributed by atoms with E-state index in [4.69, 9.17) is 11.6 Å². The number of benzene rings is 2. The zero-order chi connectivity index (χ0) is 30.1. The Labute approximate surface area is 256 Å². The summed E-state index contributed by atoms with van der Waals surface area (Å²) in [5, 5.41) is 7.57. The quantitative estimate of drug-likeness (QED) is 0.243. The van der Waals surface area contributed by atoms with E-state index >= 15 is 0 Å². The molecule has 1 N–H and O–H groups in total. The summed E-state index contributed by atoms with van der Waals surface area (Å²) in [6.07, 6.45) is 12.6. The monoisotopic (exact) mass is 591 g/mol. The van der Waals surface area contributed by atoms with Gasteiger partial charge in [-0.15, -0.1) is 0 Å². The first-order valence-electron chi connectivity index (χ1n) is 14.6. The Morgan fingerprint density at radius 1 is 0.977 bits per heavy atom. The lowest BCUT2D eigenvalue weighted by Gasteiger charge is -2.46. The molecule has 1 fully saturated rings. The minimum atomic E-state index is -0.306. The number of amides is 2. The van der Waals surface area contributed by atoms with Crippen molar-refractivity contribution in [2.75, 3.05) is 11.9 Å². The van der Waals surface area contributed by atoms with Crippen LogP contribution in [0, 0.1) is 18.8 Å². The first kappa shape index (κ1) is 28.6. The second-order valence-corrected chi connectivity index (χ2v) is 11.8. The fraction of sp³-hybridized carbons (Fsp3) is 0.257. The number of aryl methyl sites for hydroxylation is 2. The van der Waals surface area contributed by atoms with Crippen molar-refractivity contribution in [1.29, 1.82) is 0 Å². The van der Waals surface area contributed by atoms with Crippen molar-refractivity contribution < 1.29 is 9.59 Å². The Bertz CT molecular complexity index is 1700. The maximum absolute atomic E-state index is 14.2. The van der Waals surface area contributed by atoms with Crippen molar-refractivity contribution in [3.63, 3.8) is 0 Å². The van der Waals surface area contributed by atoms with Crippen LogP contribution in [-0.4, -0.2) is 44.1 Å². The van der Waals surface area contributed by atoms with E-state index in [9.17, 15) is 9.59 Å². The Hall–Kier alpha value is -4.49. The number of nitrogens with zero attached hydrogens (tertiary/aromatic N) is 4. The van der Waals surface area contributed by atoms with Gasteiger partial charge in [-0.05, 0) is 72.2 Å². The number of aromatic nitrogens is 3. The summed E-state index contributed by atoms with van der Waals surface area (Å²) in [4.78, 5) is 33.1. The van der Waals surface area contributed by atoms with Crippen LogP contribution >= 0.6 is 11.6 Å². The van der Waals surface area contributed by atoms with Crippen LogP contribution in [-0.2, 0) is 7.05 Å². The molecule has 2 aromatic carbocycles. The molecular formula is C35H34ClN5O2. The van der Waals surface area contributed by atoms with Gasteiger partial charge in [0, 0.05) is 49.2 Å². The van der Waals surface area contributed by atoms with E-state index in [1.807, 2.05) is 47.9 Å². The largest absolute Gasteiger partial charge is 0.334 e. The highest BCUT2D eigenvalue weighted by atomic mass is 35.5. The van der Waals surface area contributed by atoms with Gasteiger partial charge in [0.15, 0.2) is 0 Å². The highest BCUT2D eigenvalue weighted by Crippen LogP contribution is 2.42. The van der Waals surface area contributed by atoms with E-state index in [-0.39, 0.29) is 29.7 Å². The predicted octanol–water partition coefficient (Wildman–Crippen LogP) is 7.07. The molecule has 1 saturated heterocycles. The lowest BCUT2D eigenvalue weighted by molar-refractivity contribution is 0.0413. The summed E-state index contributed by atoms with van der Waals surface area (Å²) >= 11 is 5.88. The minimum absolute atomic E-state index is 0.00233. The number of hydrogen-bond acceptors (Lipinski definition) is 4. The second kappa shape index (κ2) is 12.0. The molecule has 8 heteroatoms. The molecule has 3 atom stereocenters. The number of carbonyl (C=O) groups is 2. The van der Waals surface area contributed by atoms with Crippen molar-refractivity contribution in [3.05, 3.63) is 125 Å². The number of piperidine rings is 1. The number of halogens is 1. The molecule has 218 valence electrons. The second-order valence-electron chi connectivity index (χ2n) is 11.4. The molecule has 0 saturated carbocycles. The molecule has 0 bridgehead atoms. The van der Waals surface area contributed by atoms with Crippen LogP contribution in [0.1, 0.15) is 51.1 Å². The zero-order valence-corrected chi connectivity index (χ0v) is 25.2. The topological polar surface area (TPSA) is 80.1 Å². The van der Waals surface area contributed by atoms with Gasteiger partial charge in [0.2, 0.25) is 0 Å². The molecule has 0 spiro atoms. The van der Waals surface area contributed by atoms with Crippen LogP contribution < -0.4 is 5.32 Å². The maximum atomic E-state index is 14.2. The lowest BCUT2D eigenvalue weighted by atomic mass is 9.72. The number of allylic oxidation sites excluding steroid dienone is 2. The van der Waals surface area contributed by atoms with Crippen molar-refractivity contribution >= 4 is 29.1 Å². The van der Waals surface area contributed by atoms with Gasteiger partial charge in [-0.2, -0.15) is 5.10 Å². The van der Waals surface area contributed by atoms with Gasteiger partial charge in [0.05, 0.1) is 11.3 Å². The van der Waals surface area contributed by atoms with Crippen LogP contribution in [0.4, 0.5) is 5.69 Å². The standard InChI is InChI=1S/C35H34ClN5O2/c1-22-8-9-27(20-30(22)39-34(42)28-14-15-32(36)37-21-28)35(43)41-19-17-29(23(2)33(41)26-6-4-5-7-26)24-10-12-25(13-11-24)31-16-18-38-40(31)3/h4-16,18,20-21,23,26,29,33H,17,19H2,1-3H3,(H,39,42)/t23-,29+,33?/m1/s1. The van der Waals surface area contributed by atoms with Gasteiger partial charge in [-0.25, -0.2) is 4.98 Å². The number of carbonyl (C=O) groups excluding carboxylic acids is 2. The summed E-state index contributed by atoms with van der Waals surface area (Å²) in [6, 6.07) is 19.5. The molecule has 43 heavy (non-hydrogen) atoms. The first-order valence-corrected chi connectivity index (χ1v) is 15.0. The summed E-state index contributed by atoms with van der Waals surface area (Å²) in [6.45, 7) is 4.82. The summed E-state index contributed by atoms with van der Waals surface area (Å²) in [7, 11) is 1.95. The highest BCUT2D eigenvalue weighted by molar-refractivity contribution is 6.29. The summed E-state index contributed by atoms with van der Waals surface area (Å²) in [5.74, 6) is 0.342. The number of hydrogen-bond donors (Lipinski definition) is 1. The van der Waals surface area contributed by atoms with E-state index < -0.39 is 0 Å². The van der Waals surface area contributed by atoms with Crippen LogP contribution in [0.2, 0.25) is 5.15 Å². The smallest absolute Gasteiger partial charge is 0.257 e. The third-order valence-corrected chi connectivity index (χ3v) is 9.05. The molecule has 1 unspecified atom stereocenters. The molecule has 1 aliphatic carbocycles. The van der Waals surface area contributed by atoms with Crippen molar-refractivity contribution in [2.24, 2.45) is 18.9 Å². The van der Waals surface area contributed by atoms with Gasteiger partial charge in [-0.1, -0.05) is 73.2 Å².